The predicted octanol–water partition coefficient (Wildman–Crippen LogP) is 10.2. The quantitative estimate of drug-likeness (QED) is 0.0620. The summed E-state index contributed by atoms with van der Waals surface area (Å²) in [6, 6.07) is 12.6. The molecule has 3 aromatic rings. The molecule has 0 bridgehead atoms. The molecule has 6 nitrogen and oxygen atoms in total. The molecule has 3 rings (SSSR count). The maximum absolute atomic E-state index is 14.9. The van der Waals surface area contributed by atoms with Crippen molar-refractivity contribution in [1.29, 1.82) is 0 Å². The van der Waals surface area contributed by atoms with Gasteiger partial charge in [0.15, 0.2) is 6.10 Å². The Hall–Kier alpha value is -4.28. The molecule has 0 fully saturated rings. The summed E-state index contributed by atoms with van der Waals surface area (Å²) in [4.78, 5) is 37.0. The molecule has 47 heavy (non-hydrogen) atoms. The number of unbranched alkanes of at least 4 members (excludes halogenated alkanes) is 7. The SMILES string of the molecule is CCCCCCCCCC(=O)Oc1ccc(-c2ccc(C(=O)Oc3ccc(C(=O)O[C@H](CCCC)C(F)(F)F)c(F)c3)c(F)c2)cc1. The number of alkyl halides is 3. The molecule has 1 atom stereocenters. The number of esters is 3. The Bertz CT molecular complexity index is 1490. The second-order valence-electron chi connectivity index (χ2n) is 11.2. The van der Waals surface area contributed by atoms with Crippen molar-refractivity contribution in [2.45, 2.75) is 96.8 Å². The zero-order valence-corrected chi connectivity index (χ0v) is 26.5. The first kappa shape index (κ1) is 37.2. The van der Waals surface area contributed by atoms with Crippen LogP contribution < -0.4 is 9.47 Å². The van der Waals surface area contributed by atoms with Crippen LogP contribution in [0.5, 0.6) is 11.5 Å². The molecule has 0 aliphatic heterocycles. The Kier molecular flexibility index (Phi) is 14.4. The molecule has 11 heteroatoms. The number of hydrogen-bond donors (Lipinski definition) is 0. The minimum atomic E-state index is -4.82. The van der Waals surface area contributed by atoms with Gasteiger partial charge in [-0.25, -0.2) is 18.4 Å². The molecule has 0 unspecified atom stereocenters. The monoisotopic (exact) mass is 662 g/mol. The lowest BCUT2D eigenvalue weighted by Gasteiger charge is -2.20. The van der Waals surface area contributed by atoms with Crippen LogP contribution in [0.25, 0.3) is 11.1 Å². The Morgan fingerprint density at radius 3 is 1.81 bits per heavy atom. The second-order valence-corrected chi connectivity index (χ2v) is 11.2. The van der Waals surface area contributed by atoms with Crippen LogP contribution in [-0.2, 0) is 9.53 Å². The van der Waals surface area contributed by atoms with Crippen LogP contribution in [-0.4, -0.2) is 30.2 Å². The highest BCUT2D eigenvalue weighted by molar-refractivity contribution is 5.93. The molecule has 0 aliphatic rings. The van der Waals surface area contributed by atoms with Gasteiger partial charge >= 0.3 is 24.1 Å². The van der Waals surface area contributed by atoms with E-state index in [9.17, 15) is 36.3 Å². The average molecular weight is 663 g/mol. The van der Waals surface area contributed by atoms with Crippen molar-refractivity contribution in [2.24, 2.45) is 0 Å². The molecule has 0 saturated carbocycles. The topological polar surface area (TPSA) is 78.9 Å². The minimum Gasteiger partial charge on any atom is -0.449 e. The van der Waals surface area contributed by atoms with Crippen LogP contribution in [0.2, 0.25) is 0 Å². The molecular formula is C36H39F5O6. The Labute approximate surface area is 271 Å². The number of hydrogen-bond acceptors (Lipinski definition) is 6. The van der Waals surface area contributed by atoms with Gasteiger partial charge in [-0.2, -0.15) is 13.2 Å². The summed E-state index contributed by atoms with van der Waals surface area (Å²) in [5.41, 5.74) is -0.231. The predicted molar refractivity (Wildman–Crippen MR) is 166 cm³/mol. The molecule has 0 radical (unpaired) electrons. The van der Waals surface area contributed by atoms with E-state index in [0.717, 1.165) is 37.5 Å². The average Bonchev–Trinajstić information content (AvgIpc) is 3.02. The summed E-state index contributed by atoms with van der Waals surface area (Å²) in [5, 5.41) is 0. The normalized spacial score (nSPS) is 12.0. The number of carbonyl (C=O) groups excluding carboxylic acids is 3. The van der Waals surface area contributed by atoms with Gasteiger partial charge in [-0.3, -0.25) is 4.79 Å². The molecule has 254 valence electrons. The van der Waals surface area contributed by atoms with Crippen LogP contribution in [0, 0.1) is 11.6 Å². The third-order valence-corrected chi connectivity index (χ3v) is 7.40. The molecule has 0 N–H and O–H groups in total. The van der Waals surface area contributed by atoms with Gasteiger partial charge in [0.2, 0.25) is 0 Å². The first-order valence-corrected chi connectivity index (χ1v) is 15.8. The van der Waals surface area contributed by atoms with E-state index in [-0.39, 0.29) is 12.4 Å². The third-order valence-electron chi connectivity index (χ3n) is 7.40. The van der Waals surface area contributed by atoms with Crippen molar-refractivity contribution in [3.63, 3.8) is 0 Å². The van der Waals surface area contributed by atoms with Gasteiger partial charge in [0.25, 0.3) is 0 Å². The summed E-state index contributed by atoms with van der Waals surface area (Å²) in [6.45, 7) is 3.84. The van der Waals surface area contributed by atoms with Crippen molar-refractivity contribution in [2.75, 3.05) is 0 Å². The lowest BCUT2D eigenvalue weighted by atomic mass is 10.0. The second kappa shape index (κ2) is 18.2. The largest absolute Gasteiger partial charge is 0.449 e. The molecule has 3 aromatic carbocycles. The van der Waals surface area contributed by atoms with Gasteiger partial charge in [-0.1, -0.05) is 77.0 Å². The fourth-order valence-electron chi connectivity index (χ4n) is 4.74. The molecule has 0 amide bonds. The van der Waals surface area contributed by atoms with Gasteiger partial charge in [0, 0.05) is 12.5 Å². The van der Waals surface area contributed by atoms with E-state index in [0.29, 0.717) is 35.8 Å². The lowest BCUT2D eigenvalue weighted by molar-refractivity contribution is -0.206. The van der Waals surface area contributed by atoms with Crippen molar-refractivity contribution >= 4 is 17.9 Å². The highest BCUT2D eigenvalue weighted by Gasteiger charge is 2.42. The number of benzene rings is 3. The Balaban J connectivity index is 1.56. The lowest BCUT2D eigenvalue weighted by Crippen LogP contribution is -2.34. The van der Waals surface area contributed by atoms with E-state index in [2.05, 4.69) is 11.7 Å². The van der Waals surface area contributed by atoms with E-state index in [1.165, 1.54) is 37.8 Å². The van der Waals surface area contributed by atoms with Gasteiger partial charge < -0.3 is 14.2 Å². The van der Waals surface area contributed by atoms with Gasteiger partial charge in [0.05, 0.1) is 11.1 Å². The molecule has 0 spiro atoms. The molecular weight excluding hydrogens is 623 g/mol. The van der Waals surface area contributed by atoms with Gasteiger partial charge in [0.1, 0.15) is 23.1 Å². The summed E-state index contributed by atoms with van der Waals surface area (Å²) >= 11 is 0. The highest BCUT2D eigenvalue weighted by Crippen LogP contribution is 2.29. The molecule has 0 heterocycles. The van der Waals surface area contributed by atoms with Crippen LogP contribution in [0.1, 0.15) is 105 Å². The van der Waals surface area contributed by atoms with E-state index in [4.69, 9.17) is 9.47 Å². The van der Waals surface area contributed by atoms with Gasteiger partial charge in [-0.15, -0.1) is 0 Å². The van der Waals surface area contributed by atoms with Crippen molar-refractivity contribution in [3.05, 3.63) is 83.4 Å². The Morgan fingerprint density at radius 1 is 0.638 bits per heavy atom. The fraction of sp³-hybridized carbons (Fsp3) is 0.417. The van der Waals surface area contributed by atoms with Crippen molar-refractivity contribution < 1.29 is 50.5 Å². The number of ether oxygens (including phenoxy) is 3. The van der Waals surface area contributed by atoms with Crippen LogP contribution >= 0.6 is 0 Å². The standard InChI is InChI=1S/C36H39F5O6/c1-3-5-7-8-9-10-11-13-33(42)45-26-17-14-24(15-18-26)25-16-20-28(30(37)22-25)34(43)46-27-19-21-29(31(38)23-27)35(44)47-32(12-6-4-2)36(39,40)41/h14-23,32H,3-13H2,1-2H3/t32-/m1/s1. The number of carbonyl (C=O) groups is 3. The first-order chi connectivity index (χ1) is 22.4. The van der Waals surface area contributed by atoms with Gasteiger partial charge in [-0.05, 0) is 66.8 Å². The van der Waals surface area contributed by atoms with E-state index in [1.54, 1.807) is 31.2 Å². The minimum absolute atomic E-state index is 0.148. The number of halogens is 5. The summed E-state index contributed by atoms with van der Waals surface area (Å²) in [7, 11) is 0. The zero-order valence-electron chi connectivity index (χ0n) is 26.5. The van der Waals surface area contributed by atoms with Crippen molar-refractivity contribution in [1.82, 2.24) is 0 Å². The number of rotatable bonds is 17. The van der Waals surface area contributed by atoms with E-state index in [1.807, 2.05) is 0 Å². The highest BCUT2D eigenvalue weighted by atomic mass is 19.4. The van der Waals surface area contributed by atoms with E-state index >= 15 is 0 Å². The van der Waals surface area contributed by atoms with E-state index < -0.39 is 59.2 Å². The molecule has 0 aromatic heterocycles. The summed E-state index contributed by atoms with van der Waals surface area (Å²) in [6.07, 6.45) is 0.847. The van der Waals surface area contributed by atoms with Crippen LogP contribution in [0.4, 0.5) is 22.0 Å². The smallest absolute Gasteiger partial charge is 0.425 e. The summed E-state index contributed by atoms with van der Waals surface area (Å²) in [5.74, 6) is -5.26. The maximum atomic E-state index is 14.9. The maximum Gasteiger partial charge on any atom is 0.425 e. The zero-order chi connectivity index (χ0) is 34.4. The fourth-order valence-corrected chi connectivity index (χ4v) is 4.74. The first-order valence-electron chi connectivity index (χ1n) is 15.8. The van der Waals surface area contributed by atoms with Crippen molar-refractivity contribution in [3.8, 4) is 22.6 Å². The molecule has 0 saturated heterocycles. The Morgan fingerprint density at radius 2 is 1.19 bits per heavy atom. The summed E-state index contributed by atoms with van der Waals surface area (Å²) < 4.78 is 84.1. The third kappa shape index (κ3) is 11.8. The molecule has 0 aliphatic carbocycles. The van der Waals surface area contributed by atoms with Crippen LogP contribution in [0.3, 0.4) is 0 Å². The van der Waals surface area contributed by atoms with Crippen LogP contribution in [0.15, 0.2) is 60.7 Å².